The molecule has 5 heteroatoms. The number of rotatable bonds is 7. The van der Waals surface area contributed by atoms with E-state index in [1.165, 1.54) is 0 Å². The fraction of sp³-hybridized carbons (Fsp3) is 0.462. The van der Waals surface area contributed by atoms with E-state index in [1.54, 1.807) is 14.2 Å². The zero-order valence-corrected chi connectivity index (χ0v) is 11.0. The first kappa shape index (κ1) is 14.5. The van der Waals surface area contributed by atoms with E-state index < -0.39 is 11.9 Å². The molecule has 3 N–H and O–H groups in total. The normalized spacial score (nSPS) is 12.2. The Morgan fingerprint density at radius 1 is 1.44 bits per heavy atom. The van der Waals surface area contributed by atoms with Gasteiger partial charge in [0.25, 0.3) is 0 Å². The van der Waals surface area contributed by atoms with Crippen LogP contribution in [0.4, 0.5) is 0 Å². The van der Waals surface area contributed by atoms with Gasteiger partial charge in [0.2, 0.25) is 5.91 Å². The van der Waals surface area contributed by atoms with Crippen LogP contribution in [0.5, 0.6) is 5.75 Å². The third kappa shape index (κ3) is 3.72. The first-order valence-electron chi connectivity index (χ1n) is 5.76. The first-order valence-corrected chi connectivity index (χ1v) is 5.76. The number of aryl methyl sites for hydroxylation is 1. The van der Waals surface area contributed by atoms with Gasteiger partial charge in [-0.15, -0.1) is 0 Å². The smallest absolute Gasteiger partial charge is 0.239 e. The highest BCUT2D eigenvalue weighted by Gasteiger charge is 2.17. The second kappa shape index (κ2) is 6.98. The summed E-state index contributed by atoms with van der Waals surface area (Å²) in [5.41, 5.74) is 7.20. The van der Waals surface area contributed by atoms with E-state index >= 15 is 0 Å². The van der Waals surface area contributed by atoms with Gasteiger partial charge in [0.1, 0.15) is 11.8 Å². The molecule has 1 unspecified atom stereocenters. The molecule has 0 aliphatic heterocycles. The van der Waals surface area contributed by atoms with Crippen molar-refractivity contribution in [3.05, 3.63) is 29.3 Å². The summed E-state index contributed by atoms with van der Waals surface area (Å²) >= 11 is 0. The Labute approximate surface area is 107 Å². The van der Waals surface area contributed by atoms with Gasteiger partial charge < -0.3 is 15.2 Å². The molecule has 1 aromatic carbocycles. The van der Waals surface area contributed by atoms with Gasteiger partial charge in [-0.1, -0.05) is 12.1 Å². The molecule has 18 heavy (non-hydrogen) atoms. The maximum atomic E-state index is 11.4. The lowest BCUT2D eigenvalue weighted by Crippen LogP contribution is -2.35. The van der Waals surface area contributed by atoms with Crippen LogP contribution in [0.1, 0.15) is 17.2 Å². The summed E-state index contributed by atoms with van der Waals surface area (Å²) in [6, 6.07) is 5.05. The second-order valence-corrected chi connectivity index (χ2v) is 4.01. The highest BCUT2D eigenvalue weighted by molar-refractivity contribution is 5.81. The Morgan fingerprint density at radius 2 is 2.17 bits per heavy atom. The molecule has 0 fully saturated rings. The molecule has 0 radical (unpaired) electrons. The number of carbonyl (C=O) groups excluding carboxylic acids is 1. The van der Waals surface area contributed by atoms with Crippen LogP contribution in [-0.4, -0.2) is 33.3 Å². The topological polar surface area (TPSA) is 73.6 Å². The molecule has 1 amide bonds. The number of benzene rings is 1. The van der Waals surface area contributed by atoms with Gasteiger partial charge in [-0.25, -0.2) is 0 Å². The molecule has 0 bridgehead atoms. The van der Waals surface area contributed by atoms with Crippen LogP contribution in [0.25, 0.3) is 0 Å². The van der Waals surface area contributed by atoms with Crippen LogP contribution in [0.15, 0.2) is 18.2 Å². The molecular formula is C13H20N2O3. The fourth-order valence-electron chi connectivity index (χ4n) is 1.77. The number of hydrogen-bond donors (Lipinski definition) is 2. The van der Waals surface area contributed by atoms with E-state index in [-0.39, 0.29) is 0 Å². The van der Waals surface area contributed by atoms with Crippen molar-refractivity contribution in [2.24, 2.45) is 5.73 Å². The van der Waals surface area contributed by atoms with Gasteiger partial charge in [-0.05, 0) is 24.1 Å². The maximum absolute atomic E-state index is 11.4. The van der Waals surface area contributed by atoms with Crippen molar-refractivity contribution in [2.45, 2.75) is 13.0 Å². The highest BCUT2D eigenvalue weighted by Crippen LogP contribution is 2.22. The predicted molar refractivity (Wildman–Crippen MR) is 69.5 cm³/mol. The third-order valence-electron chi connectivity index (χ3n) is 2.69. The summed E-state index contributed by atoms with van der Waals surface area (Å²) in [7, 11) is 3.23. The number of primary amides is 1. The van der Waals surface area contributed by atoms with Gasteiger partial charge >= 0.3 is 0 Å². The van der Waals surface area contributed by atoms with Crippen molar-refractivity contribution in [3.8, 4) is 5.75 Å². The van der Waals surface area contributed by atoms with Crippen LogP contribution in [0.3, 0.4) is 0 Å². The number of nitrogens with one attached hydrogen (secondary N) is 1. The molecule has 0 aromatic heterocycles. The van der Waals surface area contributed by atoms with Crippen LogP contribution < -0.4 is 15.8 Å². The lowest BCUT2D eigenvalue weighted by atomic mass is 10.0. The molecule has 1 aromatic rings. The molecule has 0 aliphatic carbocycles. The van der Waals surface area contributed by atoms with E-state index in [0.29, 0.717) is 13.2 Å². The zero-order chi connectivity index (χ0) is 13.5. The van der Waals surface area contributed by atoms with Crippen LogP contribution >= 0.6 is 0 Å². The van der Waals surface area contributed by atoms with Gasteiger partial charge in [0.05, 0.1) is 13.7 Å². The van der Waals surface area contributed by atoms with Crippen molar-refractivity contribution >= 4 is 5.91 Å². The number of methoxy groups -OCH3 is 2. The fourth-order valence-corrected chi connectivity index (χ4v) is 1.77. The molecule has 1 atom stereocenters. The zero-order valence-electron chi connectivity index (χ0n) is 11.0. The largest absolute Gasteiger partial charge is 0.496 e. The summed E-state index contributed by atoms with van der Waals surface area (Å²) in [4.78, 5) is 11.4. The summed E-state index contributed by atoms with van der Waals surface area (Å²) in [6.07, 6.45) is 0. The van der Waals surface area contributed by atoms with Crippen molar-refractivity contribution in [1.29, 1.82) is 0 Å². The average Bonchev–Trinajstić information content (AvgIpc) is 2.34. The second-order valence-electron chi connectivity index (χ2n) is 4.01. The van der Waals surface area contributed by atoms with Crippen molar-refractivity contribution in [2.75, 3.05) is 27.4 Å². The Kier molecular flexibility index (Phi) is 5.61. The standard InChI is InChI=1S/C13H20N2O3/c1-9-8-10(4-5-11(9)18-3)12(13(14)16)15-6-7-17-2/h4-5,8,12,15H,6-7H2,1-3H3,(H2,14,16). The molecule has 0 spiro atoms. The number of ether oxygens (including phenoxy) is 2. The Bertz CT molecular complexity index is 407. The number of carbonyl (C=O) groups is 1. The van der Waals surface area contributed by atoms with Crippen molar-refractivity contribution in [3.63, 3.8) is 0 Å². The van der Waals surface area contributed by atoms with E-state index in [4.69, 9.17) is 15.2 Å². The predicted octanol–water partition coefficient (Wildman–Crippen LogP) is 0.766. The van der Waals surface area contributed by atoms with Crippen molar-refractivity contribution < 1.29 is 14.3 Å². The van der Waals surface area contributed by atoms with E-state index in [1.807, 2.05) is 25.1 Å². The molecule has 5 nitrogen and oxygen atoms in total. The Balaban J connectivity index is 2.85. The van der Waals surface area contributed by atoms with Crippen LogP contribution in [0.2, 0.25) is 0 Å². The quantitative estimate of drug-likeness (QED) is 0.703. The third-order valence-corrected chi connectivity index (χ3v) is 2.69. The van der Waals surface area contributed by atoms with Crippen molar-refractivity contribution in [1.82, 2.24) is 5.32 Å². The number of nitrogens with two attached hydrogens (primary N) is 1. The SMILES string of the molecule is COCCNC(C(N)=O)c1ccc(OC)c(C)c1. The van der Waals surface area contributed by atoms with Gasteiger partial charge in [-0.2, -0.15) is 0 Å². The Hall–Kier alpha value is -1.59. The molecule has 0 heterocycles. The number of hydrogen-bond acceptors (Lipinski definition) is 4. The molecular weight excluding hydrogens is 232 g/mol. The minimum Gasteiger partial charge on any atom is -0.496 e. The van der Waals surface area contributed by atoms with E-state index in [9.17, 15) is 4.79 Å². The molecule has 1 rings (SSSR count). The van der Waals surface area contributed by atoms with Crippen LogP contribution in [0, 0.1) is 6.92 Å². The maximum Gasteiger partial charge on any atom is 0.239 e. The molecule has 100 valence electrons. The highest BCUT2D eigenvalue weighted by atomic mass is 16.5. The average molecular weight is 252 g/mol. The monoisotopic (exact) mass is 252 g/mol. The van der Waals surface area contributed by atoms with Gasteiger partial charge in [0, 0.05) is 13.7 Å². The van der Waals surface area contributed by atoms with Gasteiger partial charge in [0.15, 0.2) is 0 Å². The van der Waals surface area contributed by atoms with E-state index in [0.717, 1.165) is 16.9 Å². The van der Waals surface area contributed by atoms with Gasteiger partial charge in [-0.3, -0.25) is 10.1 Å². The molecule has 0 aliphatic rings. The van der Waals surface area contributed by atoms with Crippen LogP contribution in [-0.2, 0) is 9.53 Å². The number of amides is 1. The lowest BCUT2D eigenvalue weighted by Gasteiger charge is -2.17. The summed E-state index contributed by atoms with van der Waals surface area (Å²) < 4.78 is 10.1. The minimum absolute atomic E-state index is 0.407. The summed E-state index contributed by atoms with van der Waals surface area (Å²) in [5, 5.41) is 3.06. The minimum atomic E-state index is -0.509. The molecule has 0 saturated carbocycles. The molecule has 0 saturated heterocycles. The van der Waals surface area contributed by atoms with E-state index in [2.05, 4.69) is 5.32 Å². The summed E-state index contributed by atoms with van der Waals surface area (Å²) in [5.74, 6) is 0.384. The lowest BCUT2D eigenvalue weighted by molar-refractivity contribution is -0.120. The summed E-state index contributed by atoms with van der Waals surface area (Å²) in [6.45, 7) is 3.02. The first-order chi connectivity index (χ1) is 8.60. The Morgan fingerprint density at radius 3 is 2.67 bits per heavy atom.